The Labute approximate surface area is 55.8 Å². The van der Waals surface area contributed by atoms with E-state index in [2.05, 4.69) is 4.84 Å². The molecule has 6 heteroatoms. The predicted octanol–water partition coefficient (Wildman–Crippen LogP) is -1.09. The molecule has 10 heavy (non-hydrogen) atoms. The smallest absolute Gasteiger partial charge is 0.308 e. The minimum atomic E-state index is -1.29. The predicted molar refractivity (Wildman–Crippen MR) is 25.2 cm³/mol. The fourth-order valence-electron chi connectivity index (χ4n) is 0.175. The third kappa shape index (κ3) is 2.28. The van der Waals surface area contributed by atoms with Crippen molar-refractivity contribution in [3.8, 4) is 12.4 Å². The molecular formula is C4HN3O3. The molecule has 0 fully saturated rings. The van der Waals surface area contributed by atoms with E-state index in [1.807, 2.05) is 0 Å². The van der Waals surface area contributed by atoms with Crippen LogP contribution in [0.4, 0.5) is 0 Å². The van der Waals surface area contributed by atoms with Crippen LogP contribution in [0.3, 0.4) is 0 Å². The van der Waals surface area contributed by atoms with Crippen molar-refractivity contribution in [1.29, 1.82) is 10.5 Å². The Balaban J connectivity index is 3.92. The van der Waals surface area contributed by atoms with Crippen LogP contribution in [0.25, 0.3) is 0 Å². The van der Waals surface area contributed by atoms with Crippen LogP contribution in [0, 0.1) is 22.9 Å². The molecule has 0 heterocycles. The molecule has 0 aromatic rings. The highest BCUT2D eigenvalue weighted by Gasteiger charge is 2.06. The number of nitriles is 2. The van der Waals surface area contributed by atoms with Crippen molar-refractivity contribution in [3.63, 3.8) is 0 Å². The highest BCUT2D eigenvalue weighted by molar-refractivity contribution is 6.20. The molecule has 0 saturated carbocycles. The van der Waals surface area contributed by atoms with E-state index in [1.165, 1.54) is 12.4 Å². The molecule has 0 atom stereocenters. The minimum Gasteiger partial charge on any atom is -0.308 e. The van der Waals surface area contributed by atoms with E-state index in [1.54, 1.807) is 0 Å². The summed E-state index contributed by atoms with van der Waals surface area (Å²) in [6.07, 6.45) is 2.22. The van der Waals surface area contributed by atoms with Crippen molar-refractivity contribution >= 4 is 12.3 Å². The van der Waals surface area contributed by atoms with Gasteiger partial charge in [0.25, 0.3) is 0 Å². The SMILES string of the molecule is N#CN(C#N)OC(=O)C=O. The topological polar surface area (TPSA) is 94.2 Å². The van der Waals surface area contributed by atoms with Gasteiger partial charge in [-0.05, 0) is 5.06 Å². The number of carbonyl (C=O) groups is 2. The normalized spacial score (nSPS) is 6.60. The van der Waals surface area contributed by atoms with Crippen molar-refractivity contribution in [2.75, 3.05) is 0 Å². The van der Waals surface area contributed by atoms with Crippen molar-refractivity contribution in [1.82, 2.24) is 5.06 Å². The quantitative estimate of drug-likeness (QED) is 0.158. The van der Waals surface area contributed by atoms with Crippen molar-refractivity contribution in [3.05, 3.63) is 0 Å². The fraction of sp³-hybridized carbons (Fsp3) is 0. The van der Waals surface area contributed by atoms with E-state index in [0.717, 1.165) is 0 Å². The molecular weight excluding hydrogens is 138 g/mol. The molecule has 0 rings (SSSR count). The van der Waals surface area contributed by atoms with Crippen LogP contribution in [0.15, 0.2) is 0 Å². The van der Waals surface area contributed by atoms with Gasteiger partial charge in [-0.1, -0.05) is 0 Å². The van der Waals surface area contributed by atoms with Gasteiger partial charge >= 0.3 is 5.97 Å². The highest BCUT2D eigenvalue weighted by Crippen LogP contribution is 1.82. The van der Waals surface area contributed by atoms with E-state index in [-0.39, 0.29) is 11.3 Å². The van der Waals surface area contributed by atoms with Crippen molar-refractivity contribution < 1.29 is 14.4 Å². The second-order valence-corrected chi connectivity index (χ2v) is 1.02. The number of rotatable bonds is 2. The first-order valence-corrected chi connectivity index (χ1v) is 2.01. The first kappa shape index (κ1) is 7.92. The van der Waals surface area contributed by atoms with E-state index < -0.39 is 5.97 Å². The molecule has 6 nitrogen and oxygen atoms in total. The van der Waals surface area contributed by atoms with Gasteiger partial charge in [0.1, 0.15) is 0 Å². The average molecular weight is 139 g/mol. The Bertz CT molecular complexity index is 209. The second-order valence-electron chi connectivity index (χ2n) is 1.02. The van der Waals surface area contributed by atoms with Crippen molar-refractivity contribution in [2.45, 2.75) is 0 Å². The Morgan fingerprint density at radius 2 is 2.00 bits per heavy atom. The number of hydrogen-bond donors (Lipinski definition) is 0. The van der Waals surface area contributed by atoms with Gasteiger partial charge in [-0.3, -0.25) is 4.79 Å². The van der Waals surface area contributed by atoms with Gasteiger partial charge in [0, 0.05) is 0 Å². The Hall–Kier alpha value is -2.08. The maximum atomic E-state index is 10.0. The van der Waals surface area contributed by atoms with Crippen LogP contribution in [0.5, 0.6) is 0 Å². The van der Waals surface area contributed by atoms with E-state index >= 15 is 0 Å². The summed E-state index contributed by atoms with van der Waals surface area (Å²) < 4.78 is 0. The molecule has 0 aliphatic heterocycles. The van der Waals surface area contributed by atoms with Crippen LogP contribution in [-0.4, -0.2) is 17.3 Å². The van der Waals surface area contributed by atoms with Gasteiger partial charge < -0.3 is 4.84 Å². The lowest BCUT2D eigenvalue weighted by Gasteiger charge is -1.98. The third-order valence-corrected chi connectivity index (χ3v) is 0.459. The van der Waals surface area contributed by atoms with Crippen LogP contribution in [0.2, 0.25) is 0 Å². The highest BCUT2D eigenvalue weighted by atomic mass is 16.7. The van der Waals surface area contributed by atoms with Gasteiger partial charge in [-0.2, -0.15) is 10.5 Å². The molecule has 0 N–H and O–H groups in total. The Kier molecular flexibility index (Phi) is 3.06. The molecule has 0 bridgehead atoms. The number of nitrogens with zero attached hydrogens (tertiary/aromatic N) is 3. The third-order valence-electron chi connectivity index (χ3n) is 0.459. The monoisotopic (exact) mass is 139 g/mol. The zero-order valence-corrected chi connectivity index (χ0v) is 4.64. The molecule has 0 aromatic heterocycles. The molecule has 0 aliphatic rings. The molecule has 0 spiro atoms. The van der Waals surface area contributed by atoms with Crippen LogP contribution < -0.4 is 0 Å². The van der Waals surface area contributed by atoms with Crippen LogP contribution in [0.1, 0.15) is 0 Å². The summed E-state index contributed by atoms with van der Waals surface area (Å²) in [4.78, 5) is 23.4. The number of carbonyl (C=O) groups excluding carboxylic acids is 2. The summed E-state index contributed by atoms with van der Waals surface area (Å²) in [6.45, 7) is 0. The Morgan fingerprint density at radius 1 is 1.50 bits per heavy atom. The van der Waals surface area contributed by atoms with E-state index in [0.29, 0.717) is 0 Å². The second kappa shape index (κ2) is 3.87. The first-order valence-electron chi connectivity index (χ1n) is 2.01. The standard InChI is InChI=1S/C4HN3O3/c5-2-7(3-6)10-4(9)1-8/h1H. The maximum absolute atomic E-state index is 10.0. The summed E-state index contributed by atoms with van der Waals surface area (Å²) in [5.74, 6) is -1.29. The summed E-state index contributed by atoms with van der Waals surface area (Å²) in [6, 6.07) is 0. The molecule has 0 saturated heterocycles. The zero-order chi connectivity index (χ0) is 7.98. The van der Waals surface area contributed by atoms with E-state index in [9.17, 15) is 9.59 Å². The van der Waals surface area contributed by atoms with Gasteiger partial charge in [0.2, 0.25) is 18.7 Å². The lowest BCUT2D eigenvalue weighted by molar-refractivity contribution is -0.167. The molecule has 0 aromatic carbocycles. The Morgan fingerprint density at radius 3 is 2.30 bits per heavy atom. The van der Waals surface area contributed by atoms with E-state index in [4.69, 9.17) is 10.5 Å². The number of hydroxylamine groups is 2. The average Bonchev–Trinajstić information content (AvgIpc) is 1.99. The van der Waals surface area contributed by atoms with Crippen molar-refractivity contribution in [2.24, 2.45) is 0 Å². The molecule has 50 valence electrons. The lowest BCUT2D eigenvalue weighted by Crippen LogP contribution is -2.17. The van der Waals surface area contributed by atoms with Gasteiger partial charge in [-0.25, -0.2) is 4.79 Å². The summed E-state index contributed by atoms with van der Waals surface area (Å²) in [5, 5.41) is 15.9. The summed E-state index contributed by atoms with van der Waals surface area (Å²) in [7, 11) is 0. The molecule has 0 amide bonds. The zero-order valence-electron chi connectivity index (χ0n) is 4.64. The minimum absolute atomic E-state index is 0.0106. The first-order chi connectivity index (χ1) is 4.74. The molecule has 0 radical (unpaired) electrons. The van der Waals surface area contributed by atoms with Crippen LogP contribution >= 0.6 is 0 Å². The van der Waals surface area contributed by atoms with Gasteiger partial charge in [0.05, 0.1) is 0 Å². The lowest BCUT2D eigenvalue weighted by atomic mass is 10.8. The largest absolute Gasteiger partial charge is 0.397 e. The summed E-state index contributed by atoms with van der Waals surface area (Å²) in [5.41, 5.74) is 0. The van der Waals surface area contributed by atoms with Gasteiger partial charge in [-0.15, -0.1) is 0 Å². The summed E-state index contributed by atoms with van der Waals surface area (Å²) >= 11 is 0. The van der Waals surface area contributed by atoms with Crippen LogP contribution in [-0.2, 0) is 14.4 Å². The number of aldehydes is 1. The van der Waals surface area contributed by atoms with Gasteiger partial charge in [0.15, 0.2) is 0 Å². The molecule has 0 unspecified atom stereocenters. The fourth-order valence-corrected chi connectivity index (χ4v) is 0.175. The maximum Gasteiger partial charge on any atom is 0.397 e. The molecule has 0 aliphatic carbocycles. The number of hydrogen-bond acceptors (Lipinski definition) is 6.